The van der Waals surface area contributed by atoms with Crippen LogP contribution in [-0.2, 0) is 14.2 Å². The second-order valence-corrected chi connectivity index (χ2v) is 8.45. The van der Waals surface area contributed by atoms with Crippen LogP contribution in [0, 0.1) is 5.92 Å². The summed E-state index contributed by atoms with van der Waals surface area (Å²) >= 11 is 0. The summed E-state index contributed by atoms with van der Waals surface area (Å²) in [5.41, 5.74) is 7.15. The molecule has 28 heavy (non-hydrogen) atoms. The van der Waals surface area contributed by atoms with E-state index in [1.54, 1.807) is 6.33 Å². The van der Waals surface area contributed by atoms with E-state index in [4.69, 9.17) is 19.9 Å². The fraction of sp³-hybridized carbons (Fsp3) is 0.737. The van der Waals surface area contributed by atoms with Gasteiger partial charge in [0.2, 0.25) is 0 Å². The Morgan fingerprint density at radius 3 is 2.75 bits per heavy atom. The van der Waals surface area contributed by atoms with Crippen LogP contribution in [0.25, 0.3) is 11.2 Å². The van der Waals surface area contributed by atoms with Crippen molar-refractivity contribution < 1.29 is 14.2 Å². The third kappa shape index (κ3) is 3.47. The first-order valence-electron chi connectivity index (χ1n) is 9.91. The van der Waals surface area contributed by atoms with Gasteiger partial charge in [0.25, 0.3) is 0 Å². The number of nitrogens with two attached hydrogens (primary N) is 1. The third-order valence-electron chi connectivity index (χ3n) is 5.60. The van der Waals surface area contributed by atoms with E-state index in [-0.39, 0.29) is 24.5 Å². The van der Waals surface area contributed by atoms with Gasteiger partial charge in [0, 0.05) is 13.1 Å². The molecule has 0 radical (unpaired) electrons. The lowest BCUT2D eigenvalue weighted by Gasteiger charge is -2.28. The number of hydrogen-bond donors (Lipinski definition) is 1. The molecule has 4 heterocycles. The molecule has 2 N–H and O–H groups in total. The van der Waals surface area contributed by atoms with Crippen LogP contribution in [0.3, 0.4) is 0 Å². The van der Waals surface area contributed by atoms with Crippen molar-refractivity contribution in [1.82, 2.24) is 24.4 Å². The Labute approximate surface area is 165 Å². The molecule has 0 aromatic carbocycles. The van der Waals surface area contributed by atoms with Crippen LogP contribution in [0.4, 0.5) is 5.82 Å². The molecule has 2 aromatic rings. The molecule has 0 amide bonds. The quantitative estimate of drug-likeness (QED) is 0.797. The van der Waals surface area contributed by atoms with Crippen LogP contribution in [0.15, 0.2) is 12.7 Å². The van der Waals surface area contributed by atoms with E-state index < -0.39 is 5.79 Å². The van der Waals surface area contributed by atoms with Crippen LogP contribution < -0.4 is 5.73 Å². The fourth-order valence-corrected chi connectivity index (χ4v) is 4.13. The first kappa shape index (κ1) is 19.5. The van der Waals surface area contributed by atoms with Gasteiger partial charge in [-0.3, -0.25) is 4.57 Å². The first-order chi connectivity index (χ1) is 13.3. The van der Waals surface area contributed by atoms with Gasteiger partial charge in [-0.15, -0.1) is 0 Å². The van der Waals surface area contributed by atoms with Crippen molar-refractivity contribution in [3.05, 3.63) is 12.7 Å². The van der Waals surface area contributed by atoms with Crippen molar-refractivity contribution in [2.75, 3.05) is 25.9 Å². The highest BCUT2D eigenvalue weighted by atomic mass is 16.8. The Hall–Kier alpha value is -1.81. The molecule has 0 bridgehead atoms. The molecule has 0 spiro atoms. The molecule has 2 aromatic heterocycles. The summed E-state index contributed by atoms with van der Waals surface area (Å²) in [7, 11) is 2.12. The monoisotopic (exact) mass is 390 g/mol. The zero-order valence-electron chi connectivity index (χ0n) is 17.2. The topological polar surface area (TPSA) is 101 Å². The molecule has 9 heteroatoms. The van der Waals surface area contributed by atoms with E-state index in [0.29, 0.717) is 22.9 Å². The van der Waals surface area contributed by atoms with Crippen molar-refractivity contribution in [3.8, 4) is 0 Å². The van der Waals surface area contributed by atoms with Gasteiger partial charge in [0.05, 0.1) is 6.33 Å². The largest absolute Gasteiger partial charge is 0.382 e. The van der Waals surface area contributed by atoms with Crippen LogP contribution in [-0.4, -0.2) is 68.7 Å². The molecular weight excluding hydrogens is 360 g/mol. The number of aromatic nitrogens is 4. The zero-order valence-corrected chi connectivity index (χ0v) is 17.2. The Morgan fingerprint density at radius 1 is 1.25 bits per heavy atom. The van der Waals surface area contributed by atoms with Crippen molar-refractivity contribution >= 4 is 17.0 Å². The molecule has 2 aliphatic rings. The summed E-state index contributed by atoms with van der Waals surface area (Å²) in [6.07, 6.45) is 3.39. The van der Waals surface area contributed by atoms with E-state index in [1.807, 2.05) is 18.4 Å². The molecule has 9 nitrogen and oxygen atoms in total. The molecule has 0 saturated carbocycles. The summed E-state index contributed by atoms with van der Waals surface area (Å²) in [4.78, 5) is 15.1. The third-order valence-corrected chi connectivity index (χ3v) is 5.60. The van der Waals surface area contributed by atoms with Crippen molar-refractivity contribution in [3.63, 3.8) is 0 Å². The average Bonchev–Trinajstić information content (AvgIpc) is 3.27. The molecule has 2 aliphatic heterocycles. The minimum absolute atomic E-state index is 0.109. The molecule has 1 unspecified atom stereocenters. The van der Waals surface area contributed by atoms with Crippen LogP contribution in [0.2, 0.25) is 0 Å². The number of fused-ring (bicyclic) bond motifs is 2. The standard InChI is InChI=1S/C19H30N6O3/c1-6-11(2)7-24(5)8-12-14-15(28-19(3,4)27-14)18(26-12)25-10-23-13-16(20)21-9-22-17(13)25/h9-12,14-15,18H,6-8H2,1-5H3,(H2,20,21,22)/t11?,12-,14-,15-,18-/m1/s1. The number of rotatable bonds is 6. The average molecular weight is 390 g/mol. The maximum absolute atomic E-state index is 6.43. The summed E-state index contributed by atoms with van der Waals surface area (Å²) in [6, 6.07) is 0. The first-order valence-corrected chi connectivity index (χ1v) is 9.91. The molecule has 5 atom stereocenters. The number of anilines is 1. The van der Waals surface area contributed by atoms with Crippen LogP contribution >= 0.6 is 0 Å². The van der Waals surface area contributed by atoms with Crippen molar-refractivity contribution in [1.29, 1.82) is 0 Å². The van der Waals surface area contributed by atoms with Gasteiger partial charge in [0.15, 0.2) is 23.5 Å². The SMILES string of the molecule is CCC(C)CN(C)C[C@H]1O[C@@H](n2cnc3c(N)ncnc32)[C@@H]2OC(C)(C)O[C@@H]21. The lowest BCUT2D eigenvalue weighted by molar-refractivity contribution is -0.197. The maximum Gasteiger partial charge on any atom is 0.167 e. The summed E-state index contributed by atoms with van der Waals surface area (Å²) < 4.78 is 20.7. The van der Waals surface area contributed by atoms with Crippen molar-refractivity contribution in [2.24, 2.45) is 5.92 Å². The van der Waals surface area contributed by atoms with Crippen LogP contribution in [0.5, 0.6) is 0 Å². The Balaban J connectivity index is 1.60. The lowest BCUT2D eigenvalue weighted by Crippen LogP contribution is -2.39. The lowest BCUT2D eigenvalue weighted by atomic mass is 10.1. The highest BCUT2D eigenvalue weighted by Crippen LogP contribution is 2.44. The molecule has 154 valence electrons. The van der Waals surface area contributed by atoms with Gasteiger partial charge in [0.1, 0.15) is 30.2 Å². The van der Waals surface area contributed by atoms with Gasteiger partial charge < -0.3 is 24.8 Å². The summed E-state index contributed by atoms with van der Waals surface area (Å²) in [5, 5.41) is 0. The normalized spacial score (nSPS) is 30.2. The van der Waals surface area contributed by atoms with E-state index in [1.165, 1.54) is 6.33 Å². The van der Waals surface area contributed by atoms with E-state index in [0.717, 1.165) is 19.5 Å². The minimum Gasteiger partial charge on any atom is -0.382 e. The van der Waals surface area contributed by atoms with Crippen LogP contribution in [0.1, 0.15) is 40.3 Å². The smallest absolute Gasteiger partial charge is 0.167 e. The molecule has 4 rings (SSSR count). The number of nitrogens with zero attached hydrogens (tertiary/aromatic N) is 5. The van der Waals surface area contributed by atoms with E-state index in [2.05, 4.69) is 40.7 Å². The van der Waals surface area contributed by atoms with Gasteiger partial charge in [-0.2, -0.15) is 0 Å². The van der Waals surface area contributed by atoms with Gasteiger partial charge >= 0.3 is 0 Å². The zero-order chi connectivity index (χ0) is 20.1. The van der Waals surface area contributed by atoms with Gasteiger partial charge in [-0.25, -0.2) is 15.0 Å². The summed E-state index contributed by atoms with van der Waals surface area (Å²) in [6.45, 7) is 10.1. The van der Waals surface area contributed by atoms with Gasteiger partial charge in [-0.1, -0.05) is 20.3 Å². The number of likely N-dealkylation sites (N-methyl/N-ethyl adjacent to an activating group) is 1. The number of imidazole rings is 1. The second kappa shape index (κ2) is 7.22. The predicted octanol–water partition coefficient (Wildman–Crippen LogP) is 1.80. The number of ether oxygens (including phenoxy) is 3. The summed E-state index contributed by atoms with van der Waals surface area (Å²) in [5.74, 6) is 0.328. The van der Waals surface area contributed by atoms with Gasteiger partial charge in [-0.05, 0) is 26.8 Å². The Kier molecular flexibility index (Phi) is 5.03. The number of nitrogen functional groups attached to an aromatic ring is 1. The highest BCUT2D eigenvalue weighted by molar-refractivity contribution is 5.81. The van der Waals surface area contributed by atoms with E-state index in [9.17, 15) is 0 Å². The Bertz CT molecular complexity index is 840. The fourth-order valence-electron chi connectivity index (χ4n) is 4.13. The minimum atomic E-state index is -0.657. The molecular formula is C19H30N6O3. The van der Waals surface area contributed by atoms with E-state index >= 15 is 0 Å². The van der Waals surface area contributed by atoms with Crippen molar-refractivity contribution in [2.45, 2.75) is 64.4 Å². The molecule has 2 fully saturated rings. The maximum atomic E-state index is 6.43. The predicted molar refractivity (Wildman–Crippen MR) is 104 cm³/mol. The Morgan fingerprint density at radius 2 is 2.00 bits per heavy atom. The second-order valence-electron chi connectivity index (χ2n) is 8.45. The molecule has 0 aliphatic carbocycles. The number of hydrogen-bond acceptors (Lipinski definition) is 8. The highest BCUT2D eigenvalue weighted by Gasteiger charge is 2.56. The molecule has 2 saturated heterocycles.